The molecule has 5 N–H and O–H groups in total. The smallest absolute Gasteiger partial charge is 0.420 e. The van der Waals surface area contributed by atoms with E-state index in [0.29, 0.717) is 50.8 Å². The molecule has 0 saturated carbocycles. The molecule has 0 saturated heterocycles. The van der Waals surface area contributed by atoms with Crippen molar-refractivity contribution in [1.29, 1.82) is 0 Å². The van der Waals surface area contributed by atoms with Gasteiger partial charge in [-0.15, -0.1) is 0 Å². The fourth-order valence-corrected chi connectivity index (χ4v) is 6.25. The summed E-state index contributed by atoms with van der Waals surface area (Å²) in [7, 11) is 1.63. The standard InChI is InChI=1S/C37H28N4O8S/c1-40(22-5-3-2-4-6-22)33(44)19-41-29-16-21(8-14-30(29)49-37(41)47)39-36(50)38-20-7-11-25(28(15-20)35(45)46)34-26-12-9-23(42)17-31(26)48-32-18-24(43)10-13-27(32)34/h2-18,34,42-43H,19H2,1H3,(H,45,46)(H2,38,39,50). The molecule has 50 heavy (non-hydrogen) atoms. The van der Waals surface area contributed by atoms with Crippen LogP contribution in [0.25, 0.3) is 11.1 Å². The third-order valence-electron chi connectivity index (χ3n) is 8.43. The third-order valence-corrected chi connectivity index (χ3v) is 8.63. The zero-order valence-corrected chi connectivity index (χ0v) is 27.1. The minimum Gasteiger partial charge on any atom is -0.508 e. The van der Waals surface area contributed by atoms with Gasteiger partial charge in [0.1, 0.15) is 29.5 Å². The minimum atomic E-state index is -1.18. The molecule has 0 atom stereocenters. The van der Waals surface area contributed by atoms with Crippen molar-refractivity contribution in [2.24, 2.45) is 0 Å². The first-order valence-electron chi connectivity index (χ1n) is 15.3. The Morgan fingerprint density at radius 1 is 0.820 bits per heavy atom. The molecule has 0 spiro atoms. The topological polar surface area (TPSA) is 166 Å². The number of aromatic carboxylic acids is 1. The first-order valence-corrected chi connectivity index (χ1v) is 15.7. The van der Waals surface area contributed by atoms with Crippen LogP contribution >= 0.6 is 12.2 Å². The summed E-state index contributed by atoms with van der Waals surface area (Å²) in [6, 6.07) is 28.0. The third kappa shape index (κ3) is 6.08. The van der Waals surface area contributed by atoms with Gasteiger partial charge in [-0.25, -0.2) is 9.59 Å². The van der Waals surface area contributed by atoms with E-state index < -0.39 is 17.6 Å². The van der Waals surface area contributed by atoms with Gasteiger partial charge < -0.3 is 40.0 Å². The fraction of sp³-hybridized carbons (Fsp3) is 0.0811. The quantitative estimate of drug-likeness (QED) is 0.117. The van der Waals surface area contributed by atoms with Gasteiger partial charge in [-0.1, -0.05) is 36.4 Å². The normalized spacial score (nSPS) is 12.0. The molecular formula is C37H28N4O8S. The van der Waals surface area contributed by atoms with Crippen molar-refractivity contribution in [3.05, 3.63) is 136 Å². The number of carboxylic acid groups (broad SMARTS) is 1. The summed E-state index contributed by atoms with van der Waals surface area (Å²) in [4.78, 5) is 39.8. The summed E-state index contributed by atoms with van der Waals surface area (Å²) < 4.78 is 12.6. The molecule has 12 nitrogen and oxygen atoms in total. The highest BCUT2D eigenvalue weighted by Gasteiger charge is 2.32. The highest BCUT2D eigenvalue weighted by molar-refractivity contribution is 7.80. The van der Waals surface area contributed by atoms with E-state index in [2.05, 4.69) is 10.6 Å². The lowest BCUT2D eigenvalue weighted by Gasteiger charge is -2.30. The lowest BCUT2D eigenvalue weighted by atomic mass is 9.80. The monoisotopic (exact) mass is 688 g/mol. The maximum absolute atomic E-state index is 13.0. The van der Waals surface area contributed by atoms with E-state index in [9.17, 15) is 29.7 Å². The van der Waals surface area contributed by atoms with Crippen LogP contribution in [0.2, 0.25) is 0 Å². The van der Waals surface area contributed by atoms with Crippen molar-refractivity contribution in [2.45, 2.75) is 12.5 Å². The zero-order valence-electron chi connectivity index (χ0n) is 26.3. The van der Waals surface area contributed by atoms with Crippen LogP contribution in [0.1, 0.15) is 33.0 Å². The van der Waals surface area contributed by atoms with Gasteiger partial charge in [0.2, 0.25) is 5.91 Å². The van der Waals surface area contributed by atoms with Crippen LogP contribution in [0.4, 0.5) is 17.1 Å². The van der Waals surface area contributed by atoms with Crippen LogP contribution in [-0.4, -0.2) is 43.9 Å². The van der Waals surface area contributed by atoms with Crippen LogP contribution in [0, 0.1) is 0 Å². The summed E-state index contributed by atoms with van der Waals surface area (Å²) >= 11 is 5.55. The molecule has 1 aliphatic rings. The van der Waals surface area contributed by atoms with Gasteiger partial charge in [0, 0.05) is 53.3 Å². The molecule has 13 heteroatoms. The van der Waals surface area contributed by atoms with Crippen molar-refractivity contribution in [3.63, 3.8) is 0 Å². The number of nitrogens with one attached hydrogen (secondary N) is 2. The van der Waals surface area contributed by atoms with E-state index in [1.807, 2.05) is 18.2 Å². The number of hydrogen-bond acceptors (Lipinski definition) is 8. The molecule has 2 heterocycles. The zero-order chi connectivity index (χ0) is 35.1. The Morgan fingerprint density at radius 2 is 1.42 bits per heavy atom. The van der Waals surface area contributed by atoms with Gasteiger partial charge in [-0.3, -0.25) is 9.36 Å². The SMILES string of the molecule is CN(C(=O)Cn1c(=O)oc2ccc(NC(=S)Nc3ccc(C4c5ccc(O)cc5Oc5cc(O)ccc54)c(C(=O)O)c3)cc21)c1ccccc1. The van der Waals surface area contributed by atoms with E-state index in [-0.39, 0.29) is 40.2 Å². The average molecular weight is 689 g/mol. The Balaban J connectivity index is 1.13. The van der Waals surface area contributed by atoms with Gasteiger partial charge in [0.05, 0.1) is 11.1 Å². The van der Waals surface area contributed by atoms with E-state index in [1.54, 1.807) is 61.6 Å². The number of oxazole rings is 1. The predicted octanol–water partition coefficient (Wildman–Crippen LogP) is 6.46. The van der Waals surface area contributed by atoms with Crippen molar-refractivity contribution >= 4 is 57.4 Å². The molecule has 1 aromatic heterocycles. The number of fused-ring (bicyclic) bond motifs is 3. The van der Waals surface area contributed by atoms with Gasteiger partial charge in [-0.2, -0.15) is 0 Å². The fourth-order valence-electron chi connectivity index (χ4n) is 6.01. The number of carboxylic acids is 1. The molecule has 7 rings (SSSR count). The van der Waals surface area contributed by atoms with Gasteiger partial charge >= 0.3 is 11.7 Å². The molecule has 0 bridgehead atoms. The summed E-state index contributed by atoms with van der Waals surface area (Å²) in [6.45, 7) is -0.252. The van der Waals surface area contributed by atoms with E-state index in [0.717, 1.165) is 0 Å². The average Bonchev–Trinajstić information content (AvgIpc) is 3.40. The lowest BCUT2D eigenvalue weighted by molar-refractivity contribution is -0.118. The number of ether oxygens (including phenoxy) is 1. The molecule has 0 unspecified atom stereocenters. The number of amides is 1. The number of phenols is 2. The number of likely N-dealkylation sites (N-methyl/N-ethyl adjacent to an activating group) is 1. The summed E-state index contributed by atoms with van der Waals surface area (Å²) in [5.41, 5.74) is 3.97. The number of nitrogens with zero attached hydrogens (tertiary/aromatic N) is 2. The minimum absolute atomic E-state index is 0.00304. The number of hydrogen-bond donors (Lipinski definition) is 5. The number of phenolic OH excluding ortho intramolecular Hbond substituents is 2. The first-order chi connectivity index (χ1) is 24.0. The number of aromatic hydroxyl groups is 2. The molecule has 1 aliphatic heterocycles. The van der Waals surface area contributed by atoms with Gasteiger partial charge in [0.15, 0.2) is 10.7 Å². The second-order valence-electron chi connectivity index (χ2n) is 11.6. The van der Waals surface area contributed by atoms with Crippen molar-refractivity contribution in [2.75, 3.05) is 22.6 Å². The number of carbonyl (C=O) groups is 2. The number of carbonyl (C=O) groups excluding carboxylic acids is 1. The predicted molar refractivity (Wildman–Crippen MR) is 191 cm³/mol. The number of para-hydroxylation sites is 1. The Kier molecular flexibility index (Phi) is 8.17. The molecule has 0 radical (unpaired) electrons. The second kappa shape index (κ2) is 12.8. The van der Waals surface area contributed by atoms with Crippen molar-refractivity contribution < 1.29 is 34.1 Å². The van der Waals surface area contributed by atoms with Gasteiger partial charge in [-0.05, 0) is 72.4 Å². The number of anilines is 3. The number of thiocarbonyl (C=S) groups is 1. The molecular weight excluding hydrogens is 660 g/mol. The highest BCUT2D eigenvalue weighted by atomic mass is 32.1. The molecule has 0 aliphatic carbocycles. The Labute approximate surface area is 289 Å². The molecule has 1 amide bonds. The van der Waals surface area contributed by atoms with Crippen molar-refractivity contribution in [3.8, 4) is 23.0 Å². The van der Waals surface area contributed by atoms with Crippen LogP contribution < -0.4 is 26.0 Å². The maximum Gasteiger partial charge on any atom is 0.420 e. The summed E-state index contributed by atoms with van der Waals surface area (Å²) in [5.74, 6) is -2.14. The Morgan fingerprint density at radius 3 is 2.06 bits per heavy atom. The van der Waals surface area contributed by atoms with Gasteiger partial charge in [0.25, 0.3) is 0 Å². The van der Waals surface area contributed by atoms with Crippen LogP contribution in [0.5, 0.6) is 23.0 Å². The molecule has 6 aromatic rings. The lowest BCUT2D eigenvalue weighted by Crippen LogP contribution is -2.32. The van der Waals surface area contributed by atoms with Crippen LogP contribution in [0.15, 0.2) is 112 Å². The van der Waals surface area contributed by atoms with E-state index >= 15 is 0 Å². The maximum atomic E-state index is 13.0. The number of benzene rings is 5. The largest absolute Gasteiger partial charge is 0.508 e. The highest BCUT2D eigenvalue weighted by Crippen LogP contribution is 2.50. The van der Waals surface area contributed by atoms with Crippen molar-refractivity contribution in [1.82, 2.24) is 4.57 Å². The van der Waals surface area contributed by atoms with E-state index in [4.69, 9.17) is 21.4 Å². The molecule has 5 aromatic carbocycles. The molecule has 250 valence electrons. The molecule has 0 fully saturated rings. The number of rotatable bonds is 7. The summed E-state index contributed by atoms with van der Waals surface area (Å²) in [5, 5.41) is 36.7. The number of aromatic nitrogens is 1. The van der Waals surface area contributed by atoms with Crippen LogP contribution in [-0.2, 0) is 11.3 Å². The Bertz CT molecular complexity index is 2340. The van der Waals surface area contributed by atoms with Crippen LogP contribution in [0.3, 0.4) is 0 Å². The second-order valence-corrected chi connectivity index (χ2v) is 12.0. The van der Waals surface area contributed by atoms with E-state index in [1.165, 1.54) is 39.8 Å². The first kappa shape index (κ1) is 32.0. The Hall–Kier alpha value is -6.60. The summed E-state index contributed by atoms with van der Waals surface area (Å²) in [6.07, 6.45) is 0.